The number of carbonyl (C=O) groups excluding carboxylic acids is 2. The number of aryl methyl sites for hydroxylation is 1. The zero-order valence-electron chi connectivity index (χ0n) is 18.2. The smallest absolute Gasteiger partial charge is 0.316 e. The van der Waals surface area contributed by atoms with Gasteiger partial charge in [0.1, 0.15) is 0 Å². The Balaban J connectivity index is 1.23. The maximum Gasteiger partial charge on any atom is 0.316 e. The van der Waals surface area contributed by atoms with Crippen molar-refractivity contribution < 1.29 is 14.3 Å². The van der Waals surface area contributed by atoms with E-state index in [9.17, 15) is 9.59 Å². The minimum absolute atomic E-state index is 0.0632. The van der Waals surface area contributed by atoms with E-state index < -0.39 is 0 Å². The molecule has 2 aliphatic heterocycles. The Morgan fingerprint density at radius 3 is 2.61 bits per heavy atom. The Morgan fingerprint density at radius 1 is 1.19 bits per heavy atom. The van der Waals surface area contributed by atoms with Crippen LogP contribution in [0.2, 0.25) is 0 Å². The SMILES string of the molecule is CCn1ncc(C(=O)N2CCC(CN3CC(COc4ncccn4)CC3=O)CC2)c1C. The normalized spacial score (nSPS) is 19.8. The van der Waals surface area contributed by atoms with Crippen LogP contribution in [0.25, 0.3) is 0 Å². The summed E-state index contributed by atoms with van der Waals surface area (Å²) in [4.78, 5) is 37.3. The molecule has 4 rings (SSSR count). The van der Waals surface area contributed by atoms with Crippen molar-refractivity contribution in [1.82, 2.24) is 29.5 Å². The molecule has 31 heavy (non-hydrogen) atoms. The van der Waals surface area contributed by atoms with E-state index in [1.165, 1.54) is 0 Å². The first kappa shape index (κ1) is 21.3. The largest absolute Gasteiger partial charge is 0.463 e. The van der Waals surface area contributed by atoms with Crippen LogP contribution < -0.4 is 4.74 Å². The predicted octanol–water partition coefficient (Wildman–Crippen LogP) is 1.78. The Hall–Kier alpha value is -2.97. The van der Waals surface area contributed by atoms with E-state index in [0.717, 1.165) is 44.7 Å². The molecule has 0 saturated carbocycles. The van der Waals surface area contributed by atoms with Gasteiger partial charge in [0.15, 0.2) is 0 Å². The van der Waals surface area contributed by atoms with Crippen molar-refractivity contribution in [1.29, 1.82) is 0 Å². The first-order valence-electron chi connectivity index (χ1n) is 11.0. The third kappa shape index (κ3) is 4.86. The molecule has 2 amide bonds. The highest BCUT2D eigenvalue weighted by Crippen LogP contribution is 2.25. The number of aromatic nitrogens is 4. The van der Waals surface area contributed by atoms with Gasteiger partial charge in [-0.15, -0.1) is 0 Å². The number of piperidine rings is 1. The highest BCUT2D eigenvalue weighted by Gasteiger charge is 2.33. The highest BCUT2D eigenvalue weighted by molar-refractivity contribution is 5.95. The molecule has 0 spiro atoms. The number of hydrogen-bond acceptors (Lipinski definition) is 6. The van der Waals surface area contributed by atoms with Crippen molar-refractivity contribution in [2.24, 2.45) is 11.8 Å². The Bertz CT molecular complexity index is 907. The fraction of sp³-hybridized carbons (Fsp3) is 0.591. The number of rotatable bonds is 7. The lowest BCUT2D eigenvalue weighted by Gasteiger charge is -2.34. The van der Waals surface area contributed by atoms with Gasteiger partial charge < -0.3 is 14.5 Å². The number of likely N-dealkylation sites (tertiary alicyclic amines) is 2. The molecule has 2 saturated heterocycles. The third-order valence-corrected chi connectivity index (χ3v) is 6.30. The fourth-order valence-corrected chi connectivity index (χ4v) is 4.47. The third-order valence-electron chi connectivity index (χ3n) is 6.30. The summed E-state index contributed by atoms with van der Waals surface area (Å²) in [7, 11) is 0. The van der Waals surface area contributed by atoms with Crippen LogP contribution in [0.5, 0.6) is 6.01 Å². The second-order valence-corrected chi connectivity index (χ2v) is 8.41. The maximum absolute atomic E-state index is 12.9. The molecule has 0 N–H and O–H groups in total. The molecule has 2 aromatic heterocycles. The van der Waals surface area contributed by atoms with Crippen LogP contribution in [0, 0.1) is 18.8 Å². The average Bonchev–Trinajstić information content (AvgIpc) is 3.34. The minimum atomic E-state index is 0.0632. The predicted molar refractivity (Wildman–Crippen MR) is 113 cm³/mol. The van der Waals surface area contributed by atoms with E-state index in [1.54, 1.807) is 24.7 Å². The van der Waals surface area contributed by atoms with Crippen LogP contribution in [0.15, 0.2) is 24.7 Å². The monoisotopic (exact) mass is 426 g/mol. The van der Waals surface area contributed by atoms with E-state index in [4.69, 9.17) is 4.74 Å². The van der Waals surface area contributed by atoms with Crippen LogP contribution in [-0.4, -0.2) is 74.1 Å². The van der Waals surface area contributed by atoms with Crippen molar-refractivity contribution in [2.75, 3.05) is 32.8 Å². The Labute approximate surface area is 182 Å². The second kappa shape index (κ2) is 9.45. The minimum Gasteiger partial charge on any atom is -0.463 e. The Kier molecular flexibility index (Phi) is 6.48. The van der Waals surface area contributed by atoms with Crippen LogP contribution in [0.3, 0.4) is 0 Å². The van der Waals surface area contributed by atoms with Gasteiger partial charge in [-0.05, 0) is 38.7 Å². The summed E-state index contributed by atoms with van der Waals surface area (Å²) in [6, 6.07) is 2.09. The molecule has 2 aliphatic rings. The first-order chi connectivity index (χ1) is 15.0. The van der Waals surface area contributed by atoms with Crippen molar-refractivity contribution in [3.8, 4) is 6.01 Å². The molecule has 0 bridgehead atoms. The summed E-state index contributed by atoms with van der Waals surface area (Å²) >= 11 is 0. The van der Waals surface area contributed by atoms with Gasteiger partial charge >= 0.3 is 6.01 Å². The van der Waals surface area contributed by atoms with E-state index in [-0.39, 0.29) is 17.7 Å². The van der Waals surface area contributed by atoms with Crippen molar-refractivity contribution in [2.45, 2.75) is 39.7 Å². The molecule has 1 atom stereocenters. The summed E-state index contributed by atoms with van der Waals surface area (Å²) in [6.07, 6.45) is 7.29. The molecule has 4 heterocycles. The van der Waals surface area contributed by atoms with Crippen molar-refractivity contribution in [3.05, 3.63) is 35.9 Å². The van der Waals surface area contributed by atoms with Gasteiger partial charge in [-0.25, -0.2) is 9.97 Å². The first-order valence-corrected chi connectivity index (χ1v) is 11.0. The number of ether oxygens (including phenoxy) is 1. The van der Waals surface area contributed by atoms with Gasteiger partial charge in [-0.3, -0.25) is 14.3 Å². The fourth-order valence-electron chi connectivity index (χ4n) is 4.47. The molecular formula is C22H30N6O3. The zero-order chi connectivity index (χ0) is 21.8. The van der Waals surface area contributed by atoms with Gasteiger partial charge in [-0.2, -0.15) is 5.10 Å². The van der Waals surface area contributed by atoms with Gasteiger partial charge in [-0.1, -0.05) is 0 Å². The van der Waals surface area contributed by atoms with Gasteiger partial charge in [0.05, 0.1) is 18.4 Å². The standard InChI is InChI=1S/C22H30N6O3/c1-3-28-16(2)19(12-25-28)21(30)26-9-5-17(6-10-26)13-27-14-18(11-20(27)29)15-31-22-23-7-4-8-24-22/h4,7-8,12,17-18H,3,5-6,9-11,13-15H2,1-2H3. The quantitative estimate of drug-likeness (QED) is 0.670. The lowest BCUT2D eigenvalue weighted by molar-refractivity contribution is -0.128. The van der Waals surface area contributed by atoms with E-state index >= 15 is 0 Å². The van der Waals surface area contributed by atoms with E-state index in [2.05, 4.69) is 15.1 Å². The van der Waals surface area contributed by atoms with Crippen LogP contribution in [-0.2, 0) is 11.3 Å². The zero-order valence-corrected chi connectivity index (χ0v) is 18.2. The summed E-state index contributed by atoms with van der Waals surface area (Å²) in [5, 5.41) is 4.29. The average molecular weight is 427 g/mol. The number of hydrogen-bond donors (Lipinski definition) is 0. The molecule has 2 fully saturated rings. The molecule has 166 valence electrons. The van der Waals surface area contributed by atoms with E-state index in [1.807, 2.05) is 28.3 Å². The molecule has 0 radical (unpaired) electrons. The second-order valence-electron chi connectivity index (χ2n) is 8.41. The van der Waals surface area contributed by atoms with Crippen molar-refractivity contribution in [3.63, 3.8) is 0 Å². The molecule has 2 aromatic rings. The summed E-state index contributed by atoms with van der Waals surface area (Å²) in [6.45, 7) is 8.08. The molecule has 0 aromatic carbocycles. The summed E-state index contributed by atoms with van der Waals surface area (Å²) < 4.78 is 7.48. The topological polar surface area (TPSA) is 93.5 Å². The lowest BCUT2D eigenvalue weighted by Crippen LogP contribution is -2.42. The van der Waals surface area contributed by atoms with Gasteiger partial charge in [0.2, 0.25) is 5.91 Å². The van der Waals surface area contributed by atoms with Crippen molar-refractivity contribution >= 4 is 11.8 Å². The maximum atomic E-state index is 12.9. The molecular weight excluding hydrogens is 396 g/mol. The van der Waals surface area contributed by atoms with Crippen LogP contribution >= 0.6 is 0 Å². The molecule has 0 aliphatic carbocycles. The highest BCUT2D eigenvalue weighted by atomic mass is 16.5. The van der Waals surface area contributed by atoms with Crippen LogP contribution in [0.4, 0.5) is 0 Å². The summed E-state index contributed by atoms with van der Waals surface area (Å²) in [5.41, 5.74) is 1.62. The van der Waals surface area contributed by atoms with Crippen LogP contribution in [0.1, 0.15) is 42.2 Å². The molecule has 9 nitrogen and oxygen atoms in total. The van der Waals surface area contributed by atoms with Gasteiger partial charge in [0, 0.05) is 63.2 Å². The van der Waals surface area contributed by atoms with Gasteiger partial charge in [0.25, 0.3) is 5.91 Å². The number of carbonyl (C=O) groups is 2. The Morgan fingerprint density at radius 2 is 1.94 bits per heavy atom. The number of nitrogens with zero attached hydrogens (tertiary/aromatic N) is 6. The number of amides is 2. The molecule has 1 unspecified atom stereocenters. The summed E-state index contributed by atoms with van der Waals surface area (Å²) in [5.74, 6) is 0.831. The molecule has 9 heteroatoms. The lowest BCUT2D eigenvalue weighted by atomic mass is 9.95. The van der Waals surface area contributed by atoms with E-state index in [0.29, 0.717) is 37.1 Å².